The summed E-state index contributed by atoms with van der Waals surface area (Å²) in [5.41, 5.74) is 0. The number of amides is 1. The fourth-order valence-corrected chi connectivity index (χ4v) is 7.54. The highest BCUT2D eigenvalue weighted by molar-refractivity contribution is 5.76. The van der Waals surface area contributed by atoms with Crippen molar-refractivity contribution in [2.45, 2.75) is 214 Å². The minimum Gasteiger partial charge on any atom is -0.394 e. The van der Waals surface area contributed by atoms with Crippen LogP contribution in [0.25, 0.3) is 0 Å². The smallest absolute Gasteiger partial charge is 0.220 e. The quantitative estimate of drug-likeness (QED) is 0.0323. The maximum atomic E-state index is 13.0. The zero-order valence-electron chi connectivity index (χ0n) is 35.2. The van der Waals surface area contributed by atoms with E-state index in [-0.39, 0.29) is 18.9 Å². The number of hydrogen-bond donors (Lipinski definition) is 12. The molecule has 3 rings (SSSR count). The number of carbonyl (C=O) groups is 1. The molecule has 0 aromatic rings. The summed E-state index contributed by atoms with van der Waals surface area (Å²) in [6.07, 6.45) is -8.40. The number of hydrogen-bond acceptors (Lipinski definition) is 18. The van der Waals surface area contributed by atoms with Crippen LogP contribution in [-0.4, -0.2) is 193 Å². The van der Waals surface area contributed by atoms with E-state index < -0.39 is 124 Å². The summed E-state index contributed by atoms with van der Waals surface area (Å²) >= 11 is 0. The highest BCUT2D eigenvalue weighted by atomic mass is 16.8. The normalized spacial score (nSPS) is 36.0. The Morgan fingerprint density at radius 1 is 0.583 bits per heavy atom. The van der Waals surface area contributed by atoms with Gasteiger partial charge in [0.05, 0.1) is 38.6 Å². The van der Waals surface area contributed by atoms with E-state index in [1.807, 2.05) is 6.08 Å². The number of rotatable bonds is 28. The Morgan fingerprint density at radius 2 is 1.03 bits per heavy atom. The Morgan fingerprint density at radius 3 is 1.57 bits per heavy atom. The lowest BCUT2D eigenvalue weighted by Gasteiger charge is -2.48. The molecule has 0 aromatic carbocycles. The number of ether oxygens (including phenoxy) is 6. The number of allylic oxidation sites excluding steroid dienone is 1. The van der Waals surface area contributed by atoms with Crippen LogP contribution in [0, 0.1) is 0 Å². The van der Waals surface area contributed by atoms with E-state index in [4.69, 9.17) is 28.4 Å². The Balaban J connectivity index is 1.61. The first-order valence-electron chi connectivity index (χ1n) is 21.9. The Bertz CT molecular complexity index is 1180. The molecule has 1 amide bonds. The van der Waals surface area contributed by atoms with Gasteiger partial charge in [-0.2, -0.15) is 0 Å². The van der Waals surface area contributed by atoms with Gasteiger partial charge < -0.3 is 89.9 Å². The van der Waals surface area contributed by atoms with Gasteiger partial charge in [-0.1, -0.05) is 96.6 Å². The van der Waals surface area contributed by atoms with E-state index in [2.05, 4.69) is 19.2 Å². The molecule has 3 aliphatic rings. The van der Waals surface area contributed by atoms with E-state index in [0.29, 0.717) is 6.42 Å². The average molecular weight is 870 g/mol. The molecule has 0 radical (unpaired) electrons. The number of aliphatic hydroxyl groups excluding tert-OH is 11. The first-order valence-corrected chi connectivity index (χ1v) is 21.9. The molecule has 0 bridgehead atoms. The van der Waals surface area contributed by atoms with Gasteiger partial charge in [0.15, 0.2) is 18.9 Å². The van der Waals surface area contributed by atoms with Crippen LogP contribution in [-0.2, 0) is 33.2 Å². The first-order chi connectivity index (χ1) is 28.8. The molecular weight excluding hydrogens is 794 g/mol. The van der Waals surface area contributed by atoms with Crippen LogP contribution in [0.5, 0.6) is 0 Å². The van der Waals surface area contributed by atoms with Crippen LogP contribution in [0.3, 0.4) is 0 Å². The molecule has 3 fully saturated rings. The molecule has 19 nitrogen and oxygen atoms in total. The summed E-state index contributed by atoms with van der Waals surface area (Å²) < 4.78 is 33.8. The SMILES string of the molecule is CCCCCC/C=C/C(O)C(COC1OC(CO)C(OC2OC(CO)C(OC3OC(CO)C(O)C(O)C3O)C(O)C2O)C(O)C1O)NC(=O)CCCCCCCCCCC. The highest BCUT2D eigenvalue weighted by Crippen LogP contribution is 2.33. The van der Waals surface area contributed by atoms with Gasteiger partial charge in [-0.3, -0.25) is 4.79 Å². The van der Waals surface area contributed by atoms with Crippen molar-refractivity contribution in [1.29, 1.82) is 0 Å². The van der Waals surface area contributed by atoms with Gasteiger partial charge in [-0.15, -0.1) is 0 Å². The molecule has 352 valence electrons. The van der Waals surface area contributed by atoms with Crippen molar-refractivity contribution in [1.82, 2.24) is 5.32 Å². The van der Waals surface area contributed by atoms with Crippen LogP contribution in [0.15, 0.2) is 12.2 Å². The van der Waals surface area contributed by atoms with Gasteiger partial charge in [0, 0.05) is 6.42 Å². The third-order valence-electron chi connectivity index (χ3n) is 11.3. The van der Waals surface area contributed by atoms with Crippen LogP contribution in [0.4, 0.5) is 0 Å². The van der Waals surface area contributed by atoms with Crippen molar-refractivity contribution in [3.8, 4) is 0 Å². The van der Waals surface area contributed by atoms with Gasteiger partial charge in [0.1, 0.15) is 73.2 Å². The molecular formula is C41H75NO18. The zero-order valence-corrected chi connectivity index (χ0v) is 35.2. The lowest BCUT2D eigenvalue weighted by atomic mass is 9.96. The summed E-state index contributed by atoms with van der Waals surface area (Å²) in [6.45, 7) is 1.53. The molecule has 19 heteroatoms. The molecule has 3 aliphatic heterocycles. The Kier molecular flexibility index (Phi) is 25.0. The first kappa shape index (κ1) is 52.9. The van der Waals surface area contributed by atoms with Gasteiger partial charge in [0.25, 0.3) is 0 Å². The maximum Gasteiger partial charge on any atom is 0.220 e. The summed E-state index contributed by atoms with van der Waals surface area (Å²) in [5.74, 6) is -0.288. The number of carbonyl (C=O) groups excluding carboxylic acids is 1. The van der Waals surface area contributed by atoms with E-state index in [9.17, 15) is 61.0 Å². The van der Waals surface area contributed by atoms with Gasteiger partial charge >= 0.3 is 0 Å². The fraction of sp³-hybridized carbons (Fsp3) is 0.927. The van der Waals surface area contributed by atoms with Gasteiger partial charge in [-0.25, -0.2) is 0 Å². The molecule has 17 unspecified atom stereocenters. The summed E-state index contributed by atoms with van der Waals surface area (Å²) in [5, 5.41) is 119. The number of nitrogens with one attached hydrogen (secondary N) is 1. The molecule has 0 aliphatic carbocycles. The van der Waals surface area contributed by atoms with Gasteiger partial charge in [0.2, 0.25) is 5.91 Å². The molecule has 17 atom stereocenters. The third-order valence-corrected chi connectivity index (χ3v) is 11.3. The lowest BCUT2D eigenvalue weighted by molar-refractivity contribution is -0.379. The molecule has 3 heterocycles. The van der Waals surface area contributed by atoms with E-state index in [1.54, 1.807) is 6.08 Å². The highest BCUT2D eigenvalue weighted by Gasteiger charge is 2.53. The largest absolute Gasteiger partial charge is 0.394 e. The van der Waals surface area contributed by atoms with Crippen LogP contribution < -0.4 is 5.32 Å². The Labute approximate surface area is 353 Å². The molecule has 0 saturated carbocycles. The van der Waals surface area contributed by atoms with Crippen molar-refractivity contribution >= 4 is 5.91 Å². The topological polar surface area (TPSA) is 307 Å². The van der Waals surface area contributed by atoms with Crippen molar-refractivity contribution in [2.24, 2.45) is 0 Å². The predicted octanol–water partition coefficient (Wildman–Crippen LogP) is -1.26. The van der Waals surface area contributed by atoms with Crippen molar-refractivity contribution in [3.05, 3.63) is 12.2 Å². The van der Waals surface area contributed by atoms with Crippen molar-refractivity contribution in [3.63, 3.8) is 0 Å². The van der Waals surface area contributed by atoms with Crippen molar-refractivity contribution < 1.29 is 89.4 Å². The predicted molar refractivity (Wildman–Crippen MR) is 213 cm³/mol. The van der Waals surface area contributed by atoms with E-state index >= 15 is 0 Å². The zero-order chi connectivity index (χ0) is 44.2. The molecule has 0 spiro atoms. The second-order valence-electron chi connectivity index (χ2n) is 16.2. The van der Waals surface area contributed by atoms with Crippen LogP contribution in [0.2, 0.25) is 0 Å². The molecule has 12 N–H and O–H groups in total. The second kappa shape index (κ2) is 28.3. The standard InChI is InChI=1S/C41H75NO18/c1-3-5-7-9-11-12-13-15-17-19-29(47)42-24(25(46)18-16-14-10-8-6-4-2)23-55-39-35(53)32(50)37(27(21-44)57-39)60-41-36(54)33(51)38(28(22-45)58-41)59-40-34(52)31(49)30(48)26(20-43)56-40/h16,18,24-28,30-41,43-46,48-54H,3-15,17,19-23H2,1-2H3,(H,42,47)/b18-16+. The van der Waals surface area contributed by atoms with E-state index in [0.717, 1.165) is 51.4 Å². The molecule has 3 saturated heterocycles. The second-order valence-corrected chi connectivity index (χ2v) is 16.2. The van der Waals surface area contributed by atoms with E-state index in [1.165, 1.54) is 32.1 Å². The summed E-state index contributed by atoms with van der Waals surface area (Å²) in [7, 11) is 0. The third kappa shape index (κ3) is 16.0. The average Bonchev–Trinajstić information content (AvgIpc) is 3.24. The van der Waals surface area contributed by atoms with Gasteiger partial charge in [-0.05, 0) is 19.3 Å². The molecule has 0 aromatic heterocycles. The minimum atomic E-state index is -1.97. The fourth-order valence-electron chi connectivity index (χ4n) is 7.54. The monoisotopic (exact) mass is 869 g/mol. The summed E-state index contributed by atoms with van der Waals surface area (Å²) in [6, 6.07) is -0.960. The molecule has 60 heavy (non-hydrogen) atoms. The number of aliphatic hydroxyl groups is 11. The van der Waals surface area contributed by atoms with Crippen LogP contribution >= 0.6 is 0 Å². The maximum absolute atomic E-state index is 13.0. The summed E-state index contributed by atoms with van der Waals surface area (Å²) in [4.78, 5) is 13.0. The minimum absolute atomic E-state index is 0.244. The Hall–Kier alpha value is -1.47. The van der Waals surface area contributed by atoms with Crippen molar-refractivity contribution in [2.75, 3.05) is 26.4 Å². The lowest BCUT2D eigenvalue weighted by Crippen LogP contribution is -2.66. The number of unbranched alkanes of at least 4 members (excludes halogenated alkanes) is 12. The van der Waals surface area contributed by atoms with Crippen LogP contribution in [0.1, 0.15) is 110 Å².